The van der Waals surface area contributed by atoms with Crippen LogP contribution in [0.4, 0.5) is 11.6 Å². The number of carboxylic acids is 1. The first-order chi connectivity index (χ1) is 16.6. The summed E-state index contributed by atoms with van der Waals surface area (Å²) in [6.45, 7) is 1.47. The molecule has 0 aliphatic rings. The quantitative estimate of drug-likeness (QED) is 0.268. The summed E-state index contributed by atoms with van der Waals surface area (Å²) in [5.74, 6) is 0.936. The molecular formula is C23H25N7O4. The van der Waals surface area contributed by atoms with Crippen LogP contribution in [0.1, 0.15) is 19.3 Å². The van der Waals surface area contributed by atoms with E-state index in [0.717, 1.165) is 23.5 Å². The Hall–Kier alpha value is -4.25. The van der Waals surface area contributed by atoms with E-state index in [1.165, 1.54) is 0 Å². The third kappa shape index (κ3) is 5.95. The van der Waals surface area contributed by atoms with E-state index in [1.807, 2.05) is 36.4 Å². The van der Waals surface area contributed by atoms with Gasteiger partial charge in [0.2, 0.25) is 5.95 Å². The van der Waals surface area contributed by atoms with Crippen LogP contribution < -0.4 is 20.5 Å². The highest BCUT2D eigenvalue weighted by Crippen LogP contribution is 2.22. The topological polar surface area (TPSA) is 150 Å². The Morgan fingerprint density at radius 3 is 2.65 bits per heavy atom. The number of aliphatic carboxylic acids is 1. The van der Waals surface area contributed by atoms with Crippen LogP contribution in [0.25, 0.3) is 16.9 Å². The van der Waals surface area contributed by atoms with E-state index in [0.29, 0.717) is 49.0 Å². The largest absolute Gasteiger partial charge is 0.494 e. The van der Waals surface area contributed by atoms with Crippen LogP contribution in [0.15, 0.2) is 54.7 Å². The number of hydrogen-bond acceptors (Lipinski definition) is 9. The van der Waals surface area contributed by atoms with Crippen molar-refractivity contribution in [2.75, 3.05) is 25.1 Å². The second kappa shape index (κ2) is 11.1. The summed E-state index contributed by atoms with van der Waals surface area (Å²) in [6.07, 6.45) is 2.91. The van der Waals surface area contributed by atoms with E-state index in [-0.39, 0.29) is 6.42 Å². The summed E-state index contributed by atoms with van der Waals surface area (Å²) in [5.41, 5.74) is 8.15. The highest BCUT2D eigenvalue weighted by Gasteiger charge is 2.11. The zero-order valence-corrected chi connectivity index (χ0v) is 18.4. The number of rotatable bonds is 12. The zero-order chi connectivity index (χ0) is 23.8. The van der Waals surface area contributed by atoms with Crippen molar-refractivity contribution >= 4 is 28.8 Å². The minimum Gasteiger partial charge on any atom is -0.494 e. The first kappa shape index (κ1) is 22.9. The van der Waals surface area contributed by atoms with Gasteiger partial charge in [-0.15, -0.1) is 5.10 Å². The molecule has 0 unspecified atom stereocenters. The number of carbonyl (C=O) groups is 1. The number of aromatic nitrogens is 5. The molecule has 2 aromatic carbocycles. The summed E-state index contributed by atoms with van der Waals surface area (Å²) < 4.78 is 12.9. The summed E-state index contributed by atoms with van der Waals surface area (Å²) in [5, 5.41) is 20.2. The number of ether oxygens (including phenoxy) is 2. The number of fused-ring (bicyclic) bond motifs is 1. The van der Waals surface area contributed by atoms with Crippen LogP contribution in [-0.2, 0) is 4.79 Å². The van der Waals surface area contributed by atoms with Gasteiger partial charge in [-0.1, -0.05) is 11.3 Å². The molecule has 2 aromatic heterocycles. The number of benzene rings is 2. The SMILES string of the molecule is NCCCOc1cccc(Nc2ncc3nnn(-c4ccc(OCCCC(=O)O)cc4)c3n2)c1. The number of hydrogen-bond donors (Lipinski definition) is 3. The predicted octanol–water partition coefficient (Wildman–Crippen LogP) is 2.93. The fraction of sp³-hybridized carbons (Fsp3) is 0.261. The molecule has 11 heteroatoms. The minimum atomic E-state index is -0.837. The standard InChI is InChI=1S/C23H25N7O4/c24-11-3-13-34-19-5-1-4-16(14-19)26-23-25-15-20-22(27-23)30(29-28-20)17-7-9-18(10-8-17)33-12-2-6-21(31)32/h1,4-5,7-10,14-15H,2-3,6,11-13,24H2,(H,31,32)(H,25,26,27). The average Bonchev–Trinajstić information content (AvgIpc) is 3.26. The van der Waals surface area contributed by atoms with Crippen molar-refractivity contribution in [2.24, 2.45) is 5.73 Å². The lowest BCUT2D eigenvalue weighted by molar-refractivity contribution is -0.137. The van der Waals surface area contributed by atoms with Crippen molar-refractivity contribution in [2.45, 2.75) is 19.3 Å². The maximum absolute atomic E-state index is 10.6. The molecule has 2 heterocycles. The van der Waals surface area contributed by atoms with E-state index in [2.05, 4.69) is 25.6 Å². The fourth-order valence-electron chi connectivity index (χ4n) is 3.13. The lowest BCUT2D eigenvalue weighted by Gasteiger charge is -2.09. The first-order valence-corrected chi connectivity index (χ1v) is 10.9. The molecule has 0 saturated carbocycles. The van der Waals surface area contributed by atoms with E-state index in [4.69, 9.17) is 20.3 Å². The third-order valence-electron chi connectivity index (χ3n) is 4.78. The summed E-state index contributed by atoms with van der Waals surface area (Å²) in [4.78, 5) is 19.5. The molecule has 0 radical (unpaired) electrons. The van der Waals surface area contributed by atoms with Gasteiger partial charge in [0.1, 0.15) is 11.5 Å². The van der Waals surface area contributed by atoms with E-state index < -0.39 is 5.97 Å². The lowest BCUT2D eigenvalue weighted by Crippen LogP contribution is -2.06. The summed E-state index contributed by atoms with van der Waals surface area (Å²) >= 11 is 0. The Morgan fingerprint density at radius 1 is 1.06 bits per heavy atom. The Labute approximate surface area is 195 Å². The molecule has 4 rings (SSSR count). The monoisotopic (exact) mass is 463 g/mol. The van der Waals surface area contributed by atoms with Crippen LogP contribution in [0.5, 0.6) is 11.5 Å². The second-order valence-electron chi connectivity index (χ2n) is 7.39. The molecule has 0 saturated heterocycles. The fourth-order valence-corrected chi connectivity index (χ4v) is 3.13. The smallest absolute Gasteiger partial charge is 0.303 e. The van der Waals surface area contributed by atoms with Gasteiger partial charge in [-0.2, -0.15) is 9.67 Å². The van der Waals surface area contributed by atoms with Crippen molar-refractivity contribution in [3.8, 4) is 17.2 Å². The van der Waals surface area contributed by atoms with Gasteiger partial charge in [0.05, 0.1) is 25.1 Å². The molecule has 0 atom stereocenters. The molecule has 0 fully saturated rings. The van der Waals surface area contributed by atoms with Crippen molar-refractivity contribution in [1.82, 2.24) is 25.0 Å². The number of nitrogens with two attached hydrogens (primary N) is 1. The van der Waals surface area contributed by atoms with Gasteiger partial charge >= 0.3 is 5.97 Å². The Morgan fingerprint density at radius 2 is 1.85 bits per heavy atom. The molecule has 0 amide bonds. The minimum absolute atomic E-state index is 0.0741. The molecule has 34 heavy (non-hydrogen) atoms. The van der Waals surface area contributed by atoms with Gasteiger partial charge in [0.25, 0.3) is 0 Å². The maximum atomic E-state index is 10.6. The molecule has 0 spiro atoms. The van der Waals surface area contributed by atoms with Crippen molar-refractivity contribution in [3.63, 3.8) is 0 Å². The van der Waals surface area contributed by atoms with Crippen LogP contribution in [0.3, 0.4) is 0 Å². The Kier molecular flexibility index (Phi) is 7.45. The maximum Gasteiger partial charge on any atom is 0.303 e. The second-order valence-corrected chi connectivity index (χ2v) is 7.39. The summed E-state index contributed by atoms with van der Waals surface area (Å²) in [6, 6.07) is 14.8. The van der Waals surface area contributed by atoms with Gasteiger partial charge in [-0.3, -0.25) is 4.79 Å². The molecule has 0 bridgehead atoms. The zero-order valence-electron chi connectivity index (χ0n) is 18.4. The van der Waals surface area contributed by atoms with Gasteiger partial charge < -0.3 is 25.6 Å². The normalized spacial score (nSPS) is 10.9. The van der Waals surface area contributed by atoms with Gasteiger partial charge in [-0.05, 0) is 55.8 Å². The van der Waals surface area contributed by atoms with Gasteiger partial charge in [0, 0.05) is 18.2 Å². The van der Waals surface area contributed by atoms with Crippen molar-refractivity contribution in [1.29, 1.82) is 0 Å². The van der Waals surface area contributed by atoms with Crippen molar-refractivity contribution < 1.29 is 19.4 Å². The number of nitrogens with one attached hydrogen (secondary N) is 1. The number of carboxylic acid groups (broad SMARTS) is 1. The highest BCUT2D eigenvalue weighted by molar-refractivity contribution is 5.73. The molecule has 4 aromatic rings. The summed E-state index contributed by atoms with van der Waals surface area (Å²) in [7, 11) is 0. The first-order valence-electron chi connectivity index (χ1n) is 10.9. The van der Waals surface area contributed by atoms with Crippen LogP contribution >= 0.6 is 0 Å². The van der Waals surface area contributed by atoms with Crippen LogP contribution in [0, 0.1) is 0 Å². The van der Waals surface area contributed by atoms with E-state index >= 15 is 0 Å². The molecule has 176 valence electrons. The molecule has 4 N–H and O–H groups in total. The van der Waals surface area contributed by atoms with E-state index in [1.54, 1.807) is 23.0 Å². The molecule has 11 nitrogen and oxygen atoms in total. The lowest BCUT2D eigenvalue weighted by atomic mass is 10.3. The van der Waals surface area contributed by atoms with Crippen LogP contribution in [-0.4, -0.2) is 55.8 Å². The molecule has 0 aliphatic carbocycles. The third-order valence-corrected chi connectivity index (χ3v) is 4.78. The van der Waals surface area contributed by atoms with Gasteiger partial charge in [0.15, 0.2) is 11.2 Å². The Balaban J connectivity index is 1.46. The van der Waals surface area contributed by atoms with E-state index in [9.17, 15) is 4.79 Å². The van der Waals surface area contributed by atoms with Gasteiger partial charge in [-0.25, -0.2) is 4.98 Å². The predicted molar refractivity (Wildman–Crippen MR) is 126 cm³/mol. The Bertz CT molecular complexity index is 1240. The number of anilines is 2. The molecule has 0 aliphatic heterocycles. The molecular weight excluding hydrogens is 438 g/mol. The average molecular weight is 463 g/mol. The highest BCUT2D eigenvalue weighted by atomic mass is 16.5. The van der Waals surface area contributed by atoms with Crippen LogP contribution in [0.2, 0.25) is 0 Å². The number of nitrogens with zero attached hydrogens (tertiary/aromatic N) is 5. The van der Waals surface area contributed by atoms with Crippen molar-refractivity contribution in [3.05, 3.63) is 54.7 Å².